The van der Waals surface area contributed by atoms with E-state index < -0.39 is 0 Å². The largest absolute Gasteiger partial charge is 0.352 e. The van der Waals surface area contributed by atoms with Gasteiger partial charge in [-0.1, -0.05) is 47.5 Å². The van der Waals surface area contributed by atoms with Crippen LogP contribution < -0.4 is 5.32 Å². The molecule has 2 amide bonds. The summed E-state index contributed by atoms with van der Waals surface area (Å²) in [6.07, 6.45) is 3.19. The Bertz CT molecular complexity index is 816. The molecule has 6 heteroatoms. The van der Waals surface area contributed by atoms with E-state index in [4.69, 9.17) is 23.2 Å². The van der Waals surface area contributed by atoms with Crippen molar-refractivity contribution in [2.75, 3.05) is 13.1 Å². The van der Waals surface area contributed by atoms with E-state index in [0.29, 0.717) is 47.6 Å². The Hall–Kier alpha value is -2.04. The number of halogens is 2. The number of nitrogens with zero attached hydrogens (tertiary/aromatic N) is 1. The highest BCUT2D eigenvalue weighted by Gasteiger charge is 2.25. The van der Waals surface area contributed by atoms with Crippen LogP contribution in [-0.2, 0) is 11.3 Å². The lowest BCUT2D eigenvalue weighted by molar-refractivity contribution is -0.121. The van der Waals surface area contributed by atoms with Gasteiger partial charge in [-0.25, -0.2) is 0 Å². The Morgan fingerprint density at radius 2 is 1.68 bits per heavy atom. The van der Waals surface area contributed by atoms with Crippen LogP contribution in [0.25, 0.3) is 0 Å². The number of rotatable bonds is 6. The van der Waals surface area contributed by atoms with Gasteiger partial charge >= 0.3 is 0 Å². The molecule has 1 aliphatic heterocycles. The van der Waals surface area contributed by atoms with Crippen molar-refractivity contribution in [1.82, 2.24) is 10.2 Å². The molecule has 0 aromatic heterocycles. The molecule has 0 radical (unpaired) electrons. The summed E-state index contributed by atoms with van der Waals surface area (Å²) >= 11 is 12.0. The summed E-state index contributed by atoms with van der Waals surface area (Å²) in [6, 6.07) is 14.6. The van der Waals surface area contributed by atoms with E-state index in [0.717, 1.165) is 24.8 Å². The fraction of sp³-hybridized carbons (Fsp3) is 0.364. The van der Waals surface area contributed by atoms with Crippen molar-refractivity contribution >= 4 is 35.0 Å². The summed E-state index contributed by atoms with van der Waals surface area (Å²) in [5.41, 5.74) is 1.59. The molecule has 28 heavy (non-hydrogen) atoms. The smallest absolute Gasteiger partial charge is 0.255 e. The number of nitrogens with one attached hydrogen (secondary N) is 1. The van der Waals surface area contributed by atoms with Gasteiger partial charge in [0.2, 0.25) is 5.91 Å². The van der Waals surface area contributed by atoms with Crippen LogP contribution in [0.3, 0.4) is 0 Å². The molecule has 0 aliphatic carbocycles. The van der Waals surface area contributed by atoms with Gasteiger partial charge in [0.05, 0.1) is 10.6 Å². The third kappa shape index (κ3) is 5.73. The van der Waals surface area contributed by atoms with E-state index in [1.54, 1.807) is 12.1 Å². The van der Waals surface area contributed by atoms with E-state index >= 15 is 0 Å². The molecule has 2 aromatic rings. The number of piperidine rings is 1. The molecule has 3 rings (SSSR count). The monoisotopic (exact) mass is 418 g/mol. The van der Waals surface area contributed by atoms with Crippen LogP contribution in [0.15, 0.2) is 48.5 Å². The van der Waals surface area contributed by atoms with Gasteiger partial charge in [0.1, 0.15) is 0 Å². The van der Waals surface area contributed by atoms with Crippen molar-refractivity contribution in [2.24, 2.45) is 5.92 Å². The molecule has 148 valence electrons. The molecule has 0 spiro atoms. The first-order valence-corrected chi connectivity index (χ1v) is 10.3. The highest BCUT2D eigenvalue weighted by Crippen LogP contribution is 2.25. The second kappa shape index (κ2) is 9.94. The second-order valence-electron chi connectivity index (χ2n) is 7.16. The Morgan fingerprint density at radius 3 is 2.36 bits per heavy atom. The van der Waals surface area contributed by atoms with Crippen molar-refractivity contribution in [3.05, 3.63) is 69.7 Å². The summed E-state index contributed by atoms with van der Waals surface area (Å²) in [4.78, 5) is 26.6. The fourth-order valence-corrected chi connectivity index (χ4v) is 3.80. The molecule has 1 fully saturated rings. The molecular weight excluding hydrogens is 395 g/mol. The van der Waals surface area contributed by atoms with Crippen LogP contribution in [0.5, 0.6) is 0 Å². The van der Waals surface area contributed by atoms with Gasteiger partial charge in [0.15, 0.2) is 0 Å². The maximum absolute atomic E-state index is 12.6. The predicted octanol–water partition coefficient (Wildman–Crippen LogP) is 4.94. The van der Waals surface area contributed by atoms with Crippen LogP contribution >= 0.6 is 23.2 Å². The molecule has 1 heterocycles. The maximum atomic E-state index is 12.6. The zero-order valence-corrected chi connectivity index (χ0v) is 17.2. The third-order valence-electron chi connectivity index (χ3n) is 5.19. The van der Waals surface area contributed by atoms with E-state index in [2.05, 4.69) is 5.32 Å². The Labute approximate surface area is 175 Å². The summed E-state index contributed by atoms with van der Waals surface area (Å²) in [5, 5.41) is 4.13. The van der Waals surface area contributed by atoms with Crippen LogP contribution in [0.4, 0.5) is 0 Å². The maximum Gasteiger partial charge on any atom is 0.255 e. The molecule has 4 nitrogen and oxygen atoms in total. The molecule has 2 aromatic carbocycles. The van der Waals surface area contributed by atoms with Crippen molar-refractivity contribution in [3.8, 4) is 0 Å². The lowest BCUT2D eigenvalue weighted by atomic mass is 9.91. The second-order valence-corrected chi connectivity index (χ2v) is 8.00. The third-order valence-corrected chi connectivity index (χ3v) is 5.77. The van der Waals surface area contributed by atoms with E-state index in [-0.39, 0.29) is 11.8 Å². The molecule has 0 bridgehead atoms. The predicted molar refractivity (Wildman–Crippen MR) is 113 cm³/mol. The number of carbonyl (C=O) groups excluding carboxylic acids is 2. The standard InChI is InChI=1S/C22H24Cl2N2O2/c23-18-8-5-17(6-9-18)15-25-21(27)10-7-16-11-13-26(14-12-16)22(28)19-3-1-2-4-20(19)24/h1-6,8-9,16H,7,10-15H2,(H,25,27). The summed E-state index contributed by atoms with van der Waals surface area (Å²) in [6.45, 7) is 1.93. The van der Waals surface area contributed by atoms with Crippen LogP contribution in [0, 0.1) is 5.92 Å². The van der Waals surface area contributed by atoms with Crippen molar-refractivity contribution in [2.45, 2.75) is 32.2 Å². The lowest BCUT2D eigenvalue weighted by Gasteiger charge is -2.32. The van der Waals surface area contributed by atoms with Crippen molar-refractivity contribution in [1.29, 1.82) is 0 Å². The van der Waals surface area contributed by atoms with E-state index in [9.17, 15) is 9.59 Å². The summed E-state index contributed by atoms with van der Waals surface area (Å²) < 4.78 is 0. The number of carbonyl (C=O) groups is 2. The van der Waals surface area contributed by atoms with Gasteiger partial charge in [-0.05, 0) is 55.0 Å². The van der Waals surface area contributed by atoms with E-state index in [1.807, 2.05) is 41.3 Å². The molecule has 1 saturated heterocycles. The average molecular weight is 419 g/mol. The van der Waals surface area contributed by atoms with Crippen LogP contribution in [-0.4, -0.2) is 29.8 Å². The Morgan fingerprint density at radius 1 is 1.00 bits per heavy atom. The molecular formula is C22H24Cl2N2O2. The molecule has 0 saturated carbocycles. The topological polar surface area (TPSA) is 49.4 Å². The van der Waals surface area contributed by atoms with Crippen LogP contribution in [0.2, 0.25) is 10.0 Å². The number of hydrogen-bond donors (Lipinski definition) is 1. The summed E-state index contributed by atoms with van der Waals surface area (Å²) in [7, 11) is 0. The van der Waals surface area contributed by atoms with E-state index in [1.165, 1.54) is 0 Å². The van der Waals surface area contributed by atoms with Gasteiger partial charge in [-0.15, -0.1) is 0 Å². The number of benzene rings is 2. The van der Waals surface area contributed by atoms with Gasteiger partial charge in [0.25, 0.3) is 5.91 Å². The first-order chi connectivity index (χ1) is 13.5. The molecule has 1 aliphatic rings. The zero-order valence-electron chi connectivity index (χ0n) is 15.7. The summed E-state index contributed by atoms with van der Waals surface area (Å²) in [5.74, 6) is 0.519. The minimum absolute atomic E-state index is 0.00948. The van der Waals surface area contributed by atoms with Gasteiger partial charge in [-0.2, -0.15) is 0 Å². The van der Waals surface area contributed by atoms with Gasteiger partial charge < -0.3 is 10.2 Å². The SMILES string of the molecule is O=C(CCC1CCN(C(=O)c2ccccc2Cl)CC1)NCc1ccc(Cl)cc1. The highest BCUT2D eigenvalue weighted by atomic mass is 35.5. The molecule has 0 atom stereocenters. The average Bonchev–Trinajstić information content (AvgIpc) is 2.72. The lowest BCUT2D eigenvalue weighted by Crippen LogP contribution is -2.38. The van der Waals surface area contributed by atoms with Gasteiger partial charge in [0, 0.05) is 31.1 Å². The first kappa shape index (κ1) is 20.7. The van der Waals surface area contributed by atoms with Crippen LogP contribution in [0.1, 0.15) is 41.6 Å². The minimum atomic E-state index is -0.00948. The number of hydrogen-bond acceptors (Lipinski definition) is 2. The van der Waals surface area contributed by atoms with Gasteiger partial charge in [-0.3, -0.25) is 9.59 Å². The number of likely N-dealkylation sites (tertiary alicyclic amines) is 1. The van der Waals surface area contributed by atoms with Crippen molar-refractivity contribution in [3.63, 3.8) is 0 Å². The Balaban J connectivity index is 1.38. The highest BCUT2D eigenvalue weighted by molar-refractivity contribution is 6.33. The number of amides is 2. The Kier molecular flexibility index (Phi) is 7.35. The van der Waals surface area contributed by atoms with Crippen molar-refractivity contribution < 1.29 is 9.59 Å². The zero-order chi connectivity index (χ0) is 19.9. The molecule has 1 N–H and O–H groups in total. The normalized spacial score (nSPS) is 14.7. The quantitative estimate of drug-likeness (QED) is 0.721. The minimum Gasteiger partial charge on any atom is -0.352 e. The first-order valence-electron chi connectivity index (χ1n) is 9.58. The molecule has 0 unspecified atom stereocenters. The fourth-order valence-electron chi connectivity index (χ4n) is 3.46.